The lowest BCUT2D eigenvalue weighted by Gasteiger charge is -2.02. The third kappa shape index (κ3) is 3.85. The summed E-state index contributed by atoms with van der Waals surface area (Å²) < 4.78 is 2.06. The summed E-state index contributed by atoms with van der Waals surface area (Å²) >= 11 is 6.47. The van der Waals surface area contributed by atoms with Crippen LogP contribution in [0.4, 0.5) is 0 Å². The van der Waals surface area contributed by atoms with E-state index >= 15 is 0 Å². The van der Waals surface area contributed by atoms with Gasteiger partial charge in [-0.15, -0.1) is 11.3 Å². The molecular weight excluding hydrogens is 310 g/mol. The van der Waals surface area contributed by atoms with Gasteiger partial charge in [-0.25, -0.2) is 9.98 Å². The van der Waals surface area contributed by atoms with Crippen LogP contribution in [0.1, 0.15) is 31.1 Å². The number of amidine groups is 1. The number of nitrogens with zero attached hydrogens (tertiary/aromatic N) is 3. The number of allylic oxidation sites excluding steroid dienone is 1. The molecule has 8 heteroatoms. The van der Waals surface area contributed by atoms with E-state index in [2.05, 4.69) is 9.98 Å². The van der Waals surface area contributed by atoms with Gasteiger partial charge in [-0.2, -0.15) is 0 Å². The second kappa shape index (κ2) is 6.77. The fourth-order valence-corrected chi connectivity index (χ4v) is 3.12. The Kier molecular flexibility index (Phi) is 5.03. The summed E-state index contributed by atoms with van der Waals surface area (Å²) in [4.78, 5) is 19.6. The highest BCUT2D eigenvalue weighted by Gasteiger charge is 2.12. The van der Waals surface area contributed by atoms with Crippen molar-refractivity contribution in [3.8, 4) is 5.88 Å². The lowest BCUT2D eigenvalue weighted by atomic mass is 10.3. The molecule has 0 amide bonds. The number of hydrogen-bond acceptors (Lipinski definition) is 6. The van der Waals surface area contributed by atoms with E-state index in [0.717, 1.165) is 12.3 Å². The zero-order valence-electron chi connectivity index (χ0n) is 11.4. The largest absolute Gasteiger partial charge is 0.493 e. The van der Waals surface area contributed by atoms with Crippen molar-refractivity contribution in [2.75, 3.05) is 0 Å². The van der Waals surface area contributed by atoms with Crippen molar-refractivity contribution in [1.29, 1.82) is 0 Å². The number of carbonyl (C=O) groups is 1. The summed E-state index contributed by atoms with van der Waals surface area (Å²) in [6.07, 6.45) is 4.60. The first-order valence-corrected chi connectivity index (χ1v) is 7.71. The molecule has 1 aromatic rings. The smallest absolute Gasteiger partial charge is 0.303 e. The van der Waals surface area contributed by atoms with Gasteiger partial charge in [0.25, 0.3) is 0 Å². The molecule has 0 unspecified atom stereocenters. The average Bonchev–Trinajstić information content (AvgIpc) is 2.98. The molecule has 6 nitrogen and oxygen atoms in total. The van der Waals surface area contributed by atoms with Crippen LogP contribution in [0, 0.1) is 3.95 Å². The molecule has 0 spiro atoms. The molecule has 1 aromatic heterocycles. The van der Waals surface area contributed by atoms with Gasteiger partial charge in [0.2, 0.25) is 5.88 Å². The van der Waals surface area contributed by atoms with Gasteiger partial charge in [-0.1, -0.05) is 6.92 Å². The van der Waals surface area contributed by atoms with Gasteiger partial charge in [-0.3, -0.25) is 9.36 Å². The van der Waals surface area contributed by atoms with Crippen LogP contribution in [0.5, 0.6) is 5.88 Å². The van der Waals surface area contributed by atoms with Crippen LogP contribution in [-0.2, 0) is 11.3 Å². The summed E-state index contributed by atoms with van der Waals surface area (Å²) in [6, 6.07) is 0. The first-order valence-electron chi connectivity index (χ1n) is 6.49. The Morgan fingerprint density at radius 1 is 1.57 bits per heavy atom. The predicted molar refractivity (Wildman–Crippen MR) is 85.9 cm³/mol. The summed E-state index contributed by atoms with van der Waals surface area (Å²) in [5, 5.41) is 18.8. The van der Waals surface area contributed by atoms with Crippen molar-refractivity contribution in [2.24, 2.45) is 9.98 Å². The van der Waals surface area contributed by atoms with Gasteiger partial charge >= 0.3 is 5.97 Å². The Morgan fingerprint density at radius 3 is 2.95 bits per heavy atom. The Hall–Kier alpha value is -1.80. The van der Waals surface area contributed by atoms with E-state index in [9.17, 15) is 9.90 Å². The van der Waals surface area contributed by atoms with Gasteiger partial charge in [0.15, 0.2) is 3.95 Å². The first kappa shape index (κ1) is 15.6. The molecule has 0 radical (unpaired) electrons. The van der Waals surface area contributed by atoms with E-state index in [1.165, 1.54) is 11.3 Å². The summed E-state index contributed by atoms with van der Waals surface area (Å²) in [6.45, 7) is 2.35. The van der Waals surface area contributed by atoms with Gasteiger partial charge in [0.1, 0.15) is 5.84 Å². The van der Waals surface area contributed by atoms with Crippen LogP contribution in [0.25, 0.3) is 6.08 Å². The molecule has 21 heavy (non-hydrogen) atoms. The van der Waals surface area contributed by atoms with Crippen LogP contribution in [0.15, 0.2) is 15.7 Å². The quantitative estimate of drug-likeness (QED) is 0.787. The number of rotatable bonds is 6. The maximum atomic E-state index is 10.5. The highest BCUT2D eigenvalue weighted by Crippen LogP contribution is 2.29. The van der Waals surface area contributed by atoms with Crippen LogP contribution < -0.4 is 0 Å². The van der Waals surface area contributed by atoms with E-state index < -0.39 is 5.97 Å². The molecule has 2 rings (SSSR count). The minimum absolute atomic E-state index is 0.0459. The van der Waals surface area contributed by atoms with Crippen molar-refractivity contribution in [1.82, 2.24) is 4.57 Å². The molecule has 2 N–H and O–H groups in total. The SMILES string of the molecule is CCC1=NC(=Cc2sc(=S)n(CCCC(=O)O)c2O)C=N1. The third-order valence-electron chi connectivity index (χ3n) is 2.87. The van der Waals surface area contributed by atoms with Gasteiger partial charge < -0.3 is 10.2 Å². The minimum Gasteiger partial charge on any atom is -0.493 e. The molecule has 0 bridgehead atoms. The van der Waals surface area contributed by atoms with Gasteiger partial charge in [0, 0.05) is 19.4 Å². The van der Waals surface area contributed by atoms with Crippen LogP contribution in [-0.4, -0.2) is 32.8 Å². The fourth-order valence-electron chi connectivity index (χ4n) is 1.82. The number of aromatic hydroxyl groups is 1. The topological polar surface area (TPSA) is 87.2 Å². The Labute approximate surface area is 130 Å². The summed E-state index contributed by atoms with van der Waals surface area (Å²) in [5.74, 6) is -0.0520. The second-order valence-electron chi connectivity index (χ2n) is 4.41. The fraction of sp³-hybridized carbons (Fsp3) is 0.385. The molecule has 2 heterocycles. The summed E-state index contributed by atoms with van der Waals surface area (Å²) in [7, 11) is 0. The van der Waals surface area contributed by atoms with E-state index in [1.54, 1.807) is 16.9 Å². The van der Waals surface area contributed by atoms with Crippen molar-refractivity contribution in [3.63, 3.8) is 0 Å². The summed E-state index contributed by atoms with van der Waals surface area (Å²) in [5.41, 5.74) is 0.677. The van der Waals surface area contributed by atoms with Crippen molar-refractivity contribution in [2.45, 2.75) is 32.7 Å². The second-order valence-corrected chi connectivity index (χ2v) is 6.09. The number of carboxylic acid groups (broad SMARTS) is 1. The monoisotopic (exact) mass is 325 g/mol. The lowest BCUT2D eigenvalue weighted by Crippen LogP contribution is -2.01. The maximum Gasteiger partial charge on any atom is 0.303 e. The van der Waals surface area contributed by atoms with Crippen LogP contribution in [0.2, 0.25) is 0 Å². The Bertz CT molecular complexity index is 698. The lowest BCUT2D eigenvalue weighted by molar-refractivity contribution is -0.137. The number of aromatic nitrogens is 1. The molecule has 1 aliphatic heterocycles. The highest BCUT2D eigenvalue weighted by molar-refractivity contribution is 7.73. The minimum atomic E-state index is -0.859. The van der Waals surface area contributed by atoms with Crippen molar-refractivity contribution in [3.05, 3.63) is 14.5 Å². The number of aliphatic carboxylic acids is 1. The normalized spacial score (nSPS) is 15.7. The van der Waals surface area contributed by atoms with E-state index in [4.69, 9.17) is 17.3 Å². The maximum absolute atomic E-state index is 10.5. The molecule has 0 saturated heterocycles. The molecular formula is C13H15N3O3S2. The molecule has 0 atom stereocenters. The average molecular weight is 325 g/mol. The molecule has 0 aliphatic carbocycles. The van der Waals surface area contributed by atoms with Crippen molar-refractivity contribution < 1.29 is 15.0 Å². The number of aliphatic imine (C=N–C) groups is 2. The number of hydrogen-bond donors (Lipinski definition) is 2. The van der Waals surface area contributed by atoms with Gasteiger partial charge in [-0.05, 0) is 24.7 Å². The van der Waals surface area contributed by atoms with E-state index in [0.29, 0.717) is 27.5 Å². The van der Waals surface area contributed by atoms with Crippen molar-refractivity contribution >= 4 is 47.7 Å². The first-order chi connectivity index (χ1) is 10.0. The molecule has 0 fully saturated rings. The molecule has 0 saturated carbocycles. The number of thiazole rings is 1. The van der Waals surface area contributed by atoms with E-state index in [-0.39, 0.29) is 12.3 Å². The zero-order valence-corrected chi connectivity index (χ0v) is 13.1. The Balaban J connectivity index is 2.18. The number of carboxylic acids is 1. The van der Waals surface area contributed by atoms with Crippen LogP contribution in [0.3, 0.4) is 0 Å². The Morgan fingerprint density at radius 2 is 2.33 bits per heavy atom. The standard InChI is InChI=1S/C13H15N3O3S2/c1-2-10-14-7-8(15-10)6-9-12(19)16(13(20)21-9)5-3-4-11(17)18/h6-7,19H,2-5H2,1H3,(H,17,18). The van der Waals surface area contributed by atoms with Crippen LogP contribution >= 0.6 is 23.6 Å². The molecule has 1 aliphatic rings. The predicted octanol–water partition coefficient (Wildman–Crippen LogP) is 3.08. The van der Waals surface area contributed by atoms with E-state index in [1.807, 2.05) is 6.92 Å². The molecule has 0 aromatic carbocycles. The van der Waals surface area contributed by atoms with Gasteiger partial charge in [0.05, 0.1) is 16.8 Å². The zero-order chi connectivity index (χ0) is 15.4. The highest BCUT2D eigenvalue weighted by atomic mass is 32.1. The third-order valence-corrected chi connectivity index (χ3v) is 4.25. The molecule has 112 valence electrons.